The number of hydrogen-bond acceptors (Lipinski definition) is 0. The van der Waals surface area contributed by atoms with Crippen molar-refractivity contribution in [3.8, 4) is 22.3 Å². The predicted molar refractivity (Wildman–Crippen MR) is 271 cm³/mol. The van der Waals surface area contributed by atoms with Crippen molar-refractivity contribution in [1.29, 1.82) is 0 Å². The molecular formula is C63H64. The molecule has 0 radical (unpaired) electrons. The zero-order chi connectivity index (χ0) is 44.4. The third-order valence-electron chi connectivity index (χ3n) is 13.9. The van der Waals surface area contributed by atoms with Gasteiger partial charge in [-0.15, -0.1) is 0 Å². The third-order valence-corrected chi connectivity index (χ3v) is 13.9. The molecule has 0 nitrogen and oxygen atoms in total. The zero-order valence-corrected chi connectivity index (χ0v) is 38.8. The second kappa shape index (κ2) is 17.5. The van der Waals surface area contributed by atoms with Crippen molar-refractivity contribution in [3.05, 3.63) is 262 Å². The Hall–Kier alpha value is -6.24. The molecule has 10 rings (SSSR count). The zero-order valence-electron chi connectivity index (χ0n) is 38.8. The van der Waals surface area contributed by atoms with E-state index in [-0.39, 0.29) is 16.2 Å². The van der Waals surface area contributed by atoms with Gasteiger partial charge in [0.25, 0.3) is 0 Å². The van der Waals surface area contributed by atoms with Crippen molar-refractivity contribution in [2.75, 3.05) is 0 Å². The van der Waals surface area contributed by atoms with E-state index >= 15 is 0 Å². The minimum absolute atomic E-state index is 0.199. The maximum atomic E-state index is 3.88. The fourth-order valence-corrected chi connectivity index (χ4v) is 11.6. The maximum Gasteiger partial charge on any atom is 0.0710 e. The monoisotopic (exact) mass is 821 g/mol. The summed E-state index contributed by atoms with van der Waals surface area (Å²) in [6.45, 7) is 22.3. The quantitative estimate of drug-likeness (QED) is 0.152. The van der Waals surface area contributed by atoms with E-state index in [0.29, 0.717) is 5.41 Å². The highest BCUT2D eigenvalue weighted by atomic mass is 14.6. The molecule has 2 atom stereocenters. The molecule has 0 fully saturated rings. The van der Waals surface area contributed by atoms with Crippen molar-refractivity contribution < 1.29 is 0 Å². The molecule has 0 heteroatoms. The fourth-order valence-electron chi connectivity index (χ4n) is 11.6. The Morgan fingerprint density at radius 3 is 1.81 bits per heavy atom. The first kappa shape index (κ1) is 43.4. The molecule has 1 spiro atoms. The number of benzene rings is 7. The molecule has 0 saturated carbocycles. The van der Waals surface area contributed by atoms with Crippen LogP contribution in [0.4, 0.5) is 0 Å². The molecule has 3 aliphatic rings. The lowest BCUT2D eigenvalue weighted by molar-refractivity contribution is 0.217. The average Bonchev–Trinajstić information content (AvgIpc) is 3.71. The second-order valence-electron chi connectivity index (χ2n) is 19.6. The van der Waals surface area contributed by atoms with Gasteiger partial charge in [-0.2, -0.15) is 0 Å². The standard InChI is InChI=1S/C27H24.C23H28.C13H12/c1-4-6-14-21(5-2)27(22-15-8-7-9-16-22)24-18-11-10-17-23(24)26-20(3)13-12-19-25(26)27;1-16-10-11-18-17(12-16)13-21(2,3)14-23(18)15-22(4,5)19-8-6-7-9-20(19)23;1-11-7-9-13(10-8-11)12-5-3-2-4-6-12/h4-19H,1H2,2-3H3;6-12H,13-15H2,1-5H3;2-10H,1H3/b14-6-,21-5+;;. The number of hydrogen-bond donors (Lipinski definition) is 0. The molecule has 0 heterocycles. The Balaban J connectivity index is 0.000000137. The summed E-state index contributed by atoms with van der Waals surface area (Å²) in [5, 5.41) is 0. The summed E-state index contributed by atoms with van der Waals surface area (Å²) >= 11 is 0. The van der Waals surface area contributed by atoms with Gasteiger partial charge in [0.05, 0.1) is 5.41 Å². The molecule has 2 unspecified atom stereocenters. The first-order chi connectivity index (χ1) is 30.3. The number of rotatable bonds is 5. The highest BCUT2D eigenvalue weighted by Gasteiger charge is 2.53. The van der Waals surface area contributed by atoms with Crippen LogP contribution in [0.5, 0.6) is 0 Å². The van der Waals surface area contributed by atoms with Crippen molar-refractivity contribution >= 4 is 0 Å². The smallest absolute Gasteiger partial charge is 0.0710 e. The first-order valence-electron chi connectivity index (χ1n) is 22.9. The third kappa shape index (κ3) is 8.02. The molecule has 3 aliphatic carbocycles. The lowest BCUT2D eigenvalue weighted by Crippen LogP contribution is -2.39. The van der Waals surface area contributed by atoms with Gasteiger partial charge >= 0.3 is 0 Å². The van der Waals surface area contributed by atoms with E-state index < -0.39 is 0 Å². The fraction of sp³-hybridized carbons (Fsp3) is 0.238. The summed E-state index contributed by atoms with van der Waals surface area (Å²) in [5.74, 6) is 0. The summed E-state index contributed by atoms with van der Waals surface area (Å²) in [6.07, 6.45) is 12.0. The van der Waals surface area contributed by atoms with Gasteiger partial charge in [-0.3, -0.25) is 0 Å². The largest absolute Gasteiger partial charge is 0.0991 e. The molecule has 63 heavy (non-hydrogen) atoms. The first-order valence-corrected chi connectivity index (χ1v) is 22.9. The Morgan fingerprint density at radius 1 is 0.540 bits per heavy atom. The molecule has 0 bridgehead atoms. The van der Waals surface area contributed by atoms with Gasteiger partial charge in [-0.05, 0) is 130 Å². The predicted octanol–water partition coefficient (Wildman–Crippen LogP) is 16.6. The molecule has 0 amide bonds. The van der Waals surface area contributed by atoms with Gasteiger partial charge in [0.15, 0.2) is 0 Å². The molecule has 0 aromatic heterocycles. The van der Waals surface area contributed by atoms with Crippen LogP contribution in [-0.4, -0.2) is 0 Å². The number of aryl methyl sites for hydroxylation is 3. The van der Waals surface area contributed by atoms with Crippen molar-refractivity contribution in [2.45, 2.75) is 90.9 Å². The normalized spacial score (nSPS) is 19.7. The lowest BCUT2D eigenvalue weighted by Gasteiger charge is -2.46. The minimum Gasteiger partial charge on any atom is -0.0991 e. The average molecular weight is 821 g/mol. The summed E-state index contributed by atoms with van der Waals surface area (Å²) in [6, 6.07) is 61.8. The Morgan fingerprint density at radius 2 is 1.13 bits per heavy atom. The Kier molecular flexibility index (Phi) is 12.1. The van der Waals surface area contributed by atoms with Gasteiger partial charge in [0.1, 0.15) is 0 Å². The van der Waals surface area contributed by atoms with Gasteiger partial charge in [0, 0.05) is 5.41 Å². The van der Waals surface area contributed by atoms with E-state index in [0.717, 1.165) is 0 Å². The van der Waals surface area contributed by atoms with Crippen molar-refractivity contribution in [3.63, 3.8) is 0 Å². The summed E-state index contributed by atoms with van der Waals surface area (Å²) in [4.78, 5) is 0. The van der Waals surface area contributed by atoms with E-state index in [2.05, 4.69) is 238 Å². The van der Waals surface area contributed by atoms with Gasteiger partial charge in [-0.25, -0.2) is 0 Å². The molecule has 7 aromatic rings. The van der Waals surface area contributed by atoms with Gasteiger partial charge in [0.2, 0.25) is 0 Å². The molecular weight excluding hydrogens is 757 g/mol. The van der Waals surface area contributed by atoms with Gasteiger partial charge < -0.3 is 0 Å². The highest BCUT2D eigenvalue weighted by molar-refractivity contribution is 5.88. The number of fused-ring (bicyclic) bond motifs is 7. The van der Waals surface area contributed by atoms with Crippen LogP contribution in [-0.2, 0) is 22.7 Å². The van der Waals surface area contributed by atoms with Gasteiger partial charge in [-0.1, -0.05) is 240 Å². The van der Waals surface area contributed by atoms with Crippen LogP contribution in [0.3, 0.4) is 0 Å². The Bertz CT molecular complexity index is 2790. The number of allylic oxidation sites excluding steroid dienone is 5. The van der Waals surface area contributed by atoms with Crippen molar-refractivity contribution in [2.24, 2.45) is 5.41 Å². The highest BCUT2D eigenvalue weighted by Crippen LogP contribution is 2.61. The van der Waals surface area contributed by atoms with E-state index in [9.17, 15) is 0 Å². The van der Waals surface area contributed by atoms with E-state index in [1.54, 1.807) is 22.3 Å². The van der Waals surface area contributed by atoms with E-state index in [4.69, 9.17) is 0 Å². The second-order valence-corrected chi connectivity index (χ2v) is 19.6. The minimum atomic E-state index is -0.312. The van der Waals surface area contributed by atoms with Crippen LogP contribution in [0.15, 0.2) is 206 Å². The van der Waals surface area contributed by atoms with Crippen LogP contribution < -0.4 is 0 Å². The van der Waals surface area contributed by atoms with E-state index in [1.807, 2.05) is 18.2 Å². The SMILES string of the molecule is C=C/C=C\C(=C/C)C1(c2ccccc2)c2ccccc2-c2c(C)cccc21.Cc1ccc(-c2ccccc2)cc1.Cc1ccc2c(c1)CC(C)(C)CC21CC(C)(C)c2ccccc21. The topological polar surface area (TPSA) is 0 Å². The molecule has 7 aromatic carbocycles. The maximum absolute atomic E-state index is 3.88. The van der Waals surface area contributed by atoms with Crippen LogP contribution in [0.1, 0.15) is 103 Å². The van der Waals surface area contributed by atoms with Crippen LogP contribution in [0, 0.1) is 26.2 Å². The summed E-state index contributed by atoms with van der Waals surface area (Å²) in [7, 11) is 0. The van der Waals surface area contributed by atoms with Crippen LogP contribution in [0.2, 0.25) is 0 Å². The molecule has 0 N–H and O–H groups in total. The van der Waals surface area contributed by atoms with Crippen LogP contribution in [0.25, 0.3) is 22.3 Å². The summed E-state index contributed by atoms with van der Waals surface area (Å²) < 4.78 is 0. The Labute approximate surface area is 378 Å². The molecule has 0 aliphatic heterocycles. The van der Waals surface area contributed by atoms with Crippen LogP contribution >= 0.6 is 0 Å². The molecule has 0 saturated heterocycles. The molecule has 316 valence electrons. The summed E-state index contributed by atoms with van der Waals surface area (Å²) in [5.41, 5.74) is 21.4. The lowest BCUT2D eigenvalue weighted by atomic mass is 9.58. The van der Waals surface area contributed by atoms with Crippen molar-refractivity contribution in [1.82, 2.24) is 0 Å². The van der Waals surface area contributed by atoms with E-state index in [1.165, 1.54) is 80.5 Å².